The molecular weight excluding hydrogens is 249 g/mol. The van der Waals surface area contributed by atoms with E-state index in [9.17, 15) is 13.2 Å². The SMILES string of the molecule is FC(F)(F)c1nnc(-n2cc3c(n2)CCCC3)o1. The molecular formula is C10H9F3N4O. The van der Waals surface area contributed by atoms with E-state index in [1.54, 1.807) is 6.20 Å². The molecule has 2 aromatic heterocycles. The molecule has 1 aliphatic carbocycles. The number of halogens is 3. The lowest BCUT2D eigenvalue weighted by molar-refractivity contribution is -0.157. The van der Waals surface area contributed by atoms with E-state index in [1.165, 1.54) is 4.68 Å². The minimum atomic E-state index is -4.63. The summed E-state index contributed by atoms with van der Waals surface area (Å²) in [6, 6.07) is -0.253. The second-order valence-electron chi connectivity index (χ2n) is 4.14. The summed E-state index contributed by atoms with van der Waals surface area (Å²) in [6.07, 6.45) is 0.857. The van der Waals surface area contributed by atoms with Crippen LogP contribution in [-0.2, 0) is 19.0 Å². The van der Waals surface area contributed by atoms with Crippen molar-refractivity contribution in [2.24, 2.45) is 0 Å². The van der Waals surface area contributed by atoms with Crippen molar-refractivity contribution in [2.45, 2.75) is 31.9 Å². The molecule has 0 aliphatic heterocycles. The Morgan fingerprint density at radius 2 is 1.94 bits per heavy atom. The van der Waals surface area contributed by atoms with Crippen LogP contribution in [0, 0.1) is 0 Å². The van der Waals surface area contributed by atoms with Crippen LogP contribution in [0.1, 0.15) is 30.0 Å². The molecule has 0 atom stereocenters. The predicted molar refractivity (Wildman–Crippen MR) is 53.1 cm³/mol. The second-order valence-corrected chi connectivity index (χ2v) is 4.14. The van der Waals surface area contributed by atoms with E-state index >= 15 is 0 Å². The molecule has 18 heavy (non-hydrogen) atoms. The lowest BCUT2D eigenvalue weighted by atomic mass is 9.99. The van der Waals surface area contributed by atoms with Crippen molar-refractivity contribution in [2.75, 3.05) is 0 Å². The first-order valence-electron chi connectivity index (χ1n) is 5.52. The van der Waals surface area contributed by atoms with E-state index in [0.29, 0.717) is 0 Å². The van der Waals surface area contributed by atoms with Gasteiger partial charge in [0.25, 0.3) is 0 Å². The summed E-state index contributed by atoms with van der Waals surface area (Å²) in [4.78, 5) is 0. The lowest BCUT2D eigenvalue weighted by Gasteiger charge is -2.06. The highest BCUT2D eigenvalue weighted by atomic mass is 19.4. The van der Waals surface area contributed by atoms with Crippen LogP contribution >= 0.6 is 0 Å². The number of fused-ring (bicyclic) bond motifs is 1. The Balaban J connectivity index is 1.95. The topological polar surface area (TPSA) is 56.7 Å². The smallest absolute Gasteiger partial charge is 0.398 e. The van der Waals surface area contributed by atoms with Crippen LogP contribution in [0.3, 0.4) is 0 Å². The Morgan fingerprint density at radius 3 is 2.61 bits per heavy atom. The third-order valence-electron chi connectivity index (χ3n) is 2.84. The maximum atomic E-state index is 12.3. The Kier molecular flexibility index (Phi) is 2.39. The van der Waals surface area contributed by atoms with Crippen molar-refractivity contribution < 1.29 is 17.6 Å². The van der Waals surface area contributed by atoms with Gasteiger partial charge in [-0.2, -0.15) is 23.0 Å². The highest BCUT2D eigenvalue weighted by Gasteiger charge is 2.38. The Labute approximate surface area is 99.6 Å². The molecule has 0 saturated carbocycles. The van der Waals surface area contributed by atoms with Gasteiger partial charge in [0.05, 0.1) is 5.69 Å². The fourth-order valence-corrected chi connectivity index (χ4v) is 1.99. The number of rotatable bonds is 1. The standard InChI is InChI=1S/C10H9F3N4O/c11-10(12,13)8-14-15-9(18-8)17-5-6-3-1-2-4-7(6)16-17/h5H,1-4H2. The third kappa shape index (κ3) is 1.87. The van der Waals surface area contributed by atoms with Gasteiger partial charge in [-0.05, 0) is 31.2 Å². The summed E-state index contributed by atoms with van der Waals surface area (Å²) in [5, 5.41) is 10.5. The van der Waals surface area contributed by atoms with Crippen molar-refractivity contribution >= 4 is 0 Å². The number of hydrogen-bond acceptors (Lipinski definition) is 4. The normalized spacial score (nSPS) is 15.7. The van der Waals surface area contributed by atoms with Crippen LogP contribution in [-0.4, -0.2) is 20.0 Å². The van der Waals surface area contributed by atoms with Gasteiger partial charge in [-0.3, -0.25) is 0 Å². The molecule has 0 spiro atoms. The summed E-state index contributed by atoms with van der Waals surface area (Å²) in [5.74, 6) is -1.36. The first-order valence-corrected chi connectivity index (χ1v) is 5.52. The van der Waals surface area contributed by atoms with Crippen molar-refractivity contribution in [1.82, 2.24) is 20.0 Å². The molecule has 2 aromatic rings. The van der Waals surface area contributed by atoms with Crippen LogP contribution < -0.4 is 0 Å². The molecule has 8 heteroatoms. The number of aryl methyl sites for hydroxylation is 2. The molecule has 0 radical (unpaired) electrons. The highest BCUT2D eigenvalue weighted by Crippen LogP contribution is 2.28. The van der Waals surface area contributed by atoms with Crippen LogP contribution in [0.5, 0.6) is 0 Å². The van der Waals surface area contributed by atoms with Gasteiger partial charge in [0.2, 0.25) is 0 Å². The molecule has 1 aliphatic rings. The van der Waals surface area contributed by atoms with Gasteiger partial charge in [-0.1, -0.05) is 5.10 Å². The van der Waals surface area contributed by atoms with E-state index in [2.05, 4.69) is 19.7 Å². The van der Waals surface area contributed by atoms with E-state index in [4.69, 9.17) is 0 Å². The molecule has 0 aromatic carbocycles. The molecule has 5 nitrogen and oxygen atoms in total. The van der Waals surface area contributed by atoms with Gasteiger partial charge in [-0.25, -0.2) is 0 Å². The summed E-state index contributed by atoms with van der Waals surface area (Å²) >= 11 is 0. The maximum Gasteiger partial charge on any atom is 0.470 e. The minimum Gasteiger partial charge on any atom is -0.398 e. The predicted octanol–water partition coefficient (Wildman–Crippen LogP) is 2.15. The van der Waals surface area contributed by atoms with Crippen LogP contribution in [0.25, 0.3) is 6.01 Å². The van der Waals surface area contributed by atoms with Crippen molar-refractivity contribution in [3.05, 3.63) is 23.3 Å². The zero-order valence-corrected chi connectivity index (χ0v) is 9.24. The van der Waals surface area contributed by atoms with Crippen LogP contribution in [0.4, 0.5) is 13.2 Å². The lowest BCUT2D eigenvalue weighted by Crippen LogP contribution is -2.04. The number of nitrogens with zero attached hydrogens (tertiary/aromatic N) is 4. The van der Waals surface area contributed by atoms with E-state index < -0.39 is 12.1 Å². The van der Waals surface area contributed by atoms with Gasteiger partial charge in [-0.15, -0.1) is 5.10 Å². The zero-order valence-electron chi connectivity index (χ0n) is 9.24. The first kappa shape index (κ1) is 11.2. The molecule has 0 amide bonds. The van der Waals surface area contributed by atoms with Crippen LogP contribution in [0.2, 0.25) is 0 Å². The Bertz CT molecular complexity index is 548. The van der Waals surface area contributed by atoms with Crippen molar-refractivity contribution in [1.29, 1.82) is 0 Å². The van der Waals surface area contributed by atoms with Crippen molar-refractivity contribution in [3.8, 4) is 6.01 Å². The molecule has 3 rings (SSSR count). The molecule has 0 saturated heterocycles. The number of hydrogen-bond donors (Lipinski definition) is 0. The summed E-state index contributed by atoms with van der Waals surface area (Å²) in [5.41, 5.74) is 1.93. The quantitative estimate of drug-likeness (QED) is 0.786. The molecule has 0 unspecified atom stereocenters. The largest absolute Gasteiger partial charge is 0.470 e. The number of alkyl halides is 3. The molecule has 96 valence electrons. The van der Waals surface area contributed by atoms with E-state index in [1.807, 2.05) is 0 Å². The molecule has 0 bridgehead atoms. The summed E-state index contributed by atoms with van der Waals surface area (Å²) < 4.78 is 42.7. The van der Waals surface area contributed by atoms with Crippen molar-refractivity contribution in [3.63, 3.8) is 0 Å². The summed E-state index contributed by atoms with van der Waals surface area (Å²) in [7, 11) is 0. The van der Waals surface area contributed by atoms with E-state index in [-0.39, 0.29) is 6.01 Å². The Morgan fingerprint density at radius 1 is 1.17 bits per heavy atom. The maximum absolute atomic E-state index is 12.3. The zero-order chi connectivity index (χ0) is 12.8. The fourth-order valence-electron chi connectivity index (χ4n) is 1.99. The van der Waals surface area contributed by atoms with Gasteiger partial charge in [0, 0.05) is 6.20 Å². The molecule has 0 fully saturated rings. The number of aromatic nitrogens is 4. The third-order valence-corrected chi connectivity index (χ3v) is 2.84. The Hall–Kier alpha value is -1.86. The fraction of sp³-hybridized carbons (Fsp3) is 0.500. The molecule has 2 heterocycles. The molecule has 0 N–H and O–H groups in total. The minimum absolute atomic E-state index is 0.253. The average molecular weight is 258 g/mol. The second kappa shape index (κ2) is 3.82. The van der Waals surface area contributed by atoms with Gasteiger partial charge in [0.1, 0.15) is 0 Å². The highest BCUT2D eigenvalue weighted by molar-refractivity contribution is 5.23. The van der Waals surface area contributed by atoms with Gasteiger partial charge in [0.15, 0.2) is 0 Å². The van der Waals surface area contributed by atoms with Gasteiger partial charge >= 0.3 is 18.1 Å². The average Bonchev–Trinajstić information content (AvgIpc) is 2.94. The monoisotopic (exact) mass is 258 g/mol. The first-order chi connectivity index (χ1) is 8.54. The summed E-state index contributed by atoms with van der Waals surface area (Å²) in [6.45, 7) is 0. The van der Waals surface area contributed by atoms with Crippen LogP contribution in [0.15, 0.2) is 10.6 Å². The van der Waals surface area contributed by atoms with E-state index in [0.717, 1.165) is 36.9 Å². The van der Waals surface area contributed by atoms with Gasteiger partial charge < -0.3 is 4.42 Å².